The van der Waals surface area contributed by atoms with E-state index in [1.165, 1.54) is 18.5 Å². The van der Waals surface area contributed by atoms with Gasteiger partial charge in [0, 0.05) is 17.5 Å². The molecule has 0 radical (unpaired) electrons. The van der Waals surface area contributed by atoms with Crippen LogP contribution in [0.25, 0.3) is 10.9 Å². The highest BCUT2D eigenvalue weighted by molar-refractivity contribution is 5.81. The minimum Gasteiger partial charge on any atom is -0.312 e. The Morgan fingerprint density at radius 2 is 2.13 bits per heavy atom. The molecule has 0 bridgehead atoms. The number of fused-ring (bicyclic) bond motifs is 1. The molecule has 2 aromatic rings. The Bertz CT molecular complexity index is 484. The third kappa shape index (κ3) is 1.80. The van der Waals surface area contributed by atoms with Gasteiger partial charge in [-0.2, -0.15) is 0 Å². The highest BCUT2D eigenvalue weighted by Crippen LogP contribution is 2.20. The average Bonchev–Trinajstić information content (AvgIpc) is 2.26. The molecular formula is C11H12FN3. The van der Waals surface area contributed by atoms with E-state index in [-0.39, 0.29) is 11.9 Å². The molecule has 3 nitrogen and oxygen atoms in total. The van der Waals surface area contributed by atoms with Crippen LogP contribution in [0.5, 0.6) is 0 Å². The monoisotopic (exact) mass is 205 g/mol. The van der Waals surface area contributed by atoms with Gasteiger partial charge in [-0.3, -0.25) is 0 Å². The second kappa shape index (κ2) is 3.90. The second-order valence-corrected chi connectivity index (χ2v) is 3.43. The highest BCUT2D eigenvalue weighted by Gasteiger charge is 2.09. The first-order valence-corrected chi connectivity index (χ1v) is 4.80. The van der Waals surface area contributed by atoms with Crippen molar-refractivity contribution in [2.45, 2.75) is 13.0 Å². The van der Waals surface area contributed by atoms with Crippen LogP contribution in [0, 0.1) is 5.82 Å². The first kappa shape index (κ1) is 9.98. The standard InChI is InChI=1S/C11H12FN3/c1-7(13-2)11-9-4-3-8(12)5-10(9)14-6-15-11/h3-7,13H,1-2H3. The predicted octanol–water partition coefficient (Wildman–Crippen LogP) is 2.05. The number of aromatic nitrogens is 2. The van der Waals surface area contributed by atoms with Crippen LogP contribution < -0.4 is 5.32 Å². The van der Waals surface area contributed by atoms with E-state index in [9.17, 15) is 4.39 Å². The zero-order chi connectivity index (χ0) is 10.8. The number of hydrogen-bond acceptors (Lipinski definition) is 3. The fourth-order valence-corrected chi connectivity index (χ4v) is 1.53. The fourth-order valence-electron chi connectivity index (χ4n) is 1.53. The van der Waals surface area contributed by atoms with Crippen molar-refractivity contribution < 1.29 is 4.39 Å². The van der Waals surface area contributed by atoms with Crippen molar-refractivity contribution in [3.8, 4) is 0 Å². The molecule has 1 aromatic heterocycles. The molecule has 4 heteroatoms. The van der Waals surface area contributed by atoms with Gasteiger partial charge in [-0.25, -0.2) is 14.4 Å². The normalized spacial score (nSPS) is 13.0. The molecule has 0 aliphatic rings. The molecule has 2 rings (SSSR count). The van der Waals surface area contributed by atoms with Crippen molar-refractivity contribution in [2.75, 3.05) is 7.05 Å². The number of hydrogen-bond donors (Lipinski definition) is 1. The van der Waals surface area contributed by atoms with E-state index in [2.05, 4.69) is 15.3 Å². The van der Waals surface area contributed by atoms with E-state index in [0.29, 0.717) is 5.52 Å². The summed E-state index contributed by atoms with van der Waals surface area (Å²) in [4.78, 5) is 8.25. The summed E-state index contributed by atoms with van der Waals surface area (Å²) in [5.41, 5.74) is 1.53. The summed E-state index contributed by atoms with van der Waals surface area (Å²) in [7, 11) is 1.86. The number of halogens is 1. The van der Waals surface area contributed by atoms with Crippen LogP contribution in [0.2, 0.25) is 0 Å². The van der Waals surface area contributed by atoms with Gasteiger partial charge < -0.3 is 5.32 Å². The summed E-state index contributed by atoms with van der Waals surface area (Å²) in [5.74, 6) is -0.274. The van der Waals surface area contributed by atoms with Gasteiger partial charge in [0.25, 0.3) is 0 Å². The van der Waals surface area contributed by atoms with Gasteiger partial charge in [-0.05, 0) is 26.1 Å². The van der Waals surface area contributed by atoms with Crippen LogP contribution >= 0.6 is 0 Å². The summed E-state index contributed by atoms with van der Waals surface area (Å²) in [6.07, 6.45) is 1.46. The zero-order valence-corrected chi connectivity index (χ0v) is 8.66. The number of rotatable bonds is 2. The average molecular weight is 205 g/mol. The quantitative estimate of drug-likeness (QED) is 0.815. The Hall–Kier alpha value is -1.55. The van der Waals surface area contributed by atoms with E-state index in [0.717, 1.165) is 11.1 Å². The second-order valence-electron chi connectivity index (χ2n) is 3.43. The molecule has 0 saturated heterocycles. The fraction of sp³-hybridized carbons (Fsp3) is 0.273. The van der Waals surface area contributed by atoms with Gasteiger partial charge in [-0.1, -0.05) is 0 Å². The predicted molar refractivity (Wildman–Crippen MR) is 57.0 cm³/mol. The van der Waals surface area contributed by atoms with Gasteiger partial charge in [0.1, 0.15) is 12.1 Å². The van der Waals surface area contributed by atoms with Gasteiger partial charge in [-0.15, -0.1) is 0 Å². The lowest BCUT2D eigenvalue weighted by Crippen LogP contribution is -2.14. The van der Waals surface area contributed by atoms with E-state index in [1.807, 2.05) is 14.0 Å². The first-order chi connectivity index (χ1) is 7.22. The van der Waals surface area contributed by atoms with Crippen LogP contribution in [0.3, 0.4) is 0 Å². The smallest absolute Gasteiger partial charge is 0.125 e. The summed E-state index contributed by atoms with van der Waals surface area (Å²) in [6, 6.07) is 4.69. The van der Waals surface area contributed by atoms with Crippen molar-refractivity contribution in [2.24, 2.45) is 0 Å². The Morgan fingerprint density at radius 1 is 1.33 bits per heavy atom. The summed E-state index contributed by atoms with van der Waals surface area (Å²) in [6.45, 7) is 2.01. The zero-order valence-electron chi connectivity index (χ0n) is 8.66. The largest absolute Gasteiger partial charge is 0.312 e. The van der Waals surface area contributed by atoms with E-state index in [1.54, 1.807) is 6.07 Å². The molecule has 0 aliphatic carbocycles. The number of benzene rings is 1. The van der Waals surface area contributed by atoms with Crippen molar-refractivity contribution in [1.82, 2.24) is 15.3 Å². The maximum absolute atomic E-state index is 13.0. The molecule has 0 aliphatic heterocycles. The SMILES string of the molecule is CNC(C)c1ncnc2cc(F)ccc12. The van der Waals surface area contributed by atoms with Crippen molar-refractivity contribution >= 4 is 10.9 Å². The lowest BCUT2D eigenvalue weighted by molar-refractivity contribution is 0.626. The molecular weight excluding hydrogens is 193 g/mol. The molecule has 0 fully saturated rings. The third-order valence-electron chi connectivity index (χ3n) is 2.47. The van der Waals surface area contributed by atoms with Crippen LogP contribution in [-0.2, 0) is 0 Å². The molecule has 78 valence electrons. The minimum absolute atomic E-state index is 0.126. The minimum atomic E-state index is -0.274. The summed E-state index contributed by atoms with van der Waals surface area (Å²) in [5, 5.41) is 3.99. The van der Waals surface area contributed by atoms with E-state index < -0.39 is 0 Å². The van der Waals surface area contributed by atoms with Crippen molar-refractivity contribution in [3.63, 3.8) is 0 Å². The molecule has 0 amide bonds. The maximum Gasteiger partial charge on any atom is 0.125 e. The summed E-state index contributed by atoms with van der Waals surface area (Å²) < 4.78 is 13.0. The Kier molecular flexibility index (Phi) is 2.60. The van der Waals surface area contributed by atoms with E-state index in [4.69, 9.17) is 0 Å². The first-order valence-electron chi connectivity index (χ1n) is 4.80. The Morgan fingerprint density at radius 3 is 2.87 bits per heavy atom. The molecule has 1 atom stereocenters. The van der Waals surface area contributed by atoms with Crippen LogP contribution in [0.4, 0.5) is 4.39 Å². The molecule has 1 heterocycles. The van der Waals surface area contributed by atoms with E-state index >= 15 is 0 Å². The molecule has 0 saturated carbocycles. The Balaban J connectivity index is 2.66. The molecule has 1 unspecified atom stereocenters. The van der Waals surface area contributed by atoms with Gasteiger partial charge in [0.05, 0.1) is 11.2 Å². The van der Waals surface area contributed by atoms with Crippen LogP contribution in [0.1, 0.15) is 18.7 Å². The van der Waals surface area contributed by atoms with Gasteiger partial charge in [0.15, 0.2) is 0 Å². The molecule has 1 aromatic carbocycles. The third-order valence-corrected chi connectivity index (χ3v) is 2.47. The molecule has 0 spiro atoms. The lowest BCUT2D eigenvalue weighted by atomic mass is 10.1. The Labute approximate surface area is 87.4 Å². The molecule has 15 heavy (non-hydrogen) atoms. The lowest BCUT2D eigenvalue weighted by Gasteiger charge is -2.11. The summed E-state index contributed by atoms with van der Waals surface area (Å²) >= 11 is 0. The maximum atomic E-state index is 13.0. The molecule has 1 N–H and O–H groups in total. The highest BCUT2D eigenvalue weighted by atomic mass is 19.1. The van der Waals surface area contributed by atoms with Crippen LogP contribution in [0.15, 0.2) is 24.5 Å². The topological polar surface area (TPSA) is 37.8 Å². The van der Waals surface area contributed by atoms with Crippen molar-refractivity contribution in [3.05, 3.63) is 36.0 Å². The number of nitrogens with zero attached hydrogens (tertiary/aromatic N) is 2. The number of nitrogens with one attached hydrogen (secondary N) is 1. The van der Waals surface area contributed by atoms with Gasteiger partial charge >= 0.3 is 0 Å². The van der Waals surface area contributed by atoms with Crippen molar-refractivity contribution in [1.29, 1.82) is 0 Å². The van der Waals surface area contributed by atoms with Gasteiger partial charge in [0.2, 0.25) is 0 Å². The van der Waals surface area contributed by atoms with Crippen LogP contribution in [-0.4, -0.2) is 17.0 Å².